The zero-order valence-corrected chi connectivity index (χ0v) is 14.6. The van der Waals surface area contributed by atoms with Crippen LogP contribution in [0.15, 0.2) is 0 Å². The largest absolute Gasteiger partial charge is 0.480 e. The molecule has 23 heavy (non-hydrogen) atoms. The smallest absolute Gasteiger partial charge is 0.328 e. The van der Waals surface area contributed by atoms with Gasteiger partial charge in [0.05, 0.1) is 12.6 Å². The minimum atomic E-state index is -1.40. The summed E-state index contributed by atoms with van der Waals surface area (Å²) in [5, 5.41) is 22.6. The van der Waals surface area contributed by atoms with Crippen molar-refractivity contribution in [2.75, 3.05) is 18.6 Å². The predicted octanol–water partition coefficient (Wildman–Crippen LogP) is -0.841. The van der Waals surface area contributed by atoms with E-state index in [1.807, 2.05) is 20.1 Å². The van der Waals surface area contributed by atoms with Gasteiger partial charge in [0, 0.05) is 0 Å². The van der Waals surface area contributed by atoms with E-state index in [0.29, 0.717) is 18.6 Å². The molecule has 0 rings (SSSR count). The number of aliphatic carboxylic acids is 1. The molecule has 0 aromatic carbocycles. The number of rotatable bonds is 11. The van der Waals surface area contributed by atoms with E-state index in [9.17, 15) is 14.4 Å². The molecule has 0 aromatic heterocycles. The number of carbonyl (C=O) groups excluding carboxylic acids is 2. The maximum atomic E-state index is 12.2. The van der Waals surface area contributed by atoms with E-state index in [2.05, 4.69) is 10.6 Å². The number of nitrogens with two attached hydrogens (primary N) is 1. The van der Waals surface area contributed by atoms with Gasteiger partial charge in [-0.15, -0.1) is 0 Å². The van der Waals surface area contributed by atoms with Gasteiger partial charge in [-0.2, -0.15) is 11.8 Å². The number of nitrogens with one attached hydrogen (secondary N) is 2. The molecule has 2 amide bonds. The molecule has 3 atom stereocenters. The normalized spacial score (nSPS) is 14.9. The Balaban J connectivity index is 4.82. The average Bonchev–Trinajstić information content (AvgIpc) is 2.47. The van der Waals surface area contributed by atoms with Gasteiger partial charge < -0.3 is 26.6 Å². The summed E-state index contributed by atoms with van der Waals surface area (Å²) >= 11 is 1.50. The van der Waals surface area contributed by atoms with Gasteiger partial charge in [0.25, 0.3) is 0 Å². The van der Waals surface area contributed by atoms with Crippen molar-refractivity contribution in [3.8, 4) is 0 Å². The Hall–Kier alpha value is -1.32. The highest BCUT2D eigenvalue weighted by molar-refractivity contribution is 7.98. The van der Waals surface area contributed by atoms with Crippen LogP contribution in [0.2, 0.25) is 0 Å². The molecule has 0 saturated carbocycles. The highest BCUT2D eigenvalue weighted by atomic mass is 32.2. The summed E-state index contributed by atoms with van der Waals surface area (Å²) in [6, 6.07) is -3.02. The summed E-state index contributed by atoms with van der Waals surface area (Å²) in [6.07, 6.45) is 2.68. The predicted molar refractivity (Wildman–Crippen MR) is 89.0 cm³/mol. The number of carboxylic acid groups (broad SMARTS) is 1. The lowest BCUT2D eigenvalue weighted by Crippen LogP contribution is -2.55. The zero-order valence-electron chi connectivity index (χ0n) is 13.7. The Bertz CT molecular complexity index is 406. The summed E-state index contributed by atoms with van der Waals surface area (Å²) in [5.41, 5.74) is 5.79. The minimum absolute atomic E-state index is 0.236. The molecule has 0 fully saturated rings. The summed E-state index contributed by atoms with van der Waals surface area (Å²) < 4.78 is 0. The van der Waals surface area contributed by atoms with Crippen molar-refractivity contribution < 1.29 is 24.6 Å². The van der Waals surface area contributed by atoms with Gasteiger partial charge in [0.2, 0.25) is 11.8 Å². The van der Waals surface area contributed by atoms with Gasteiger partial charge in [-0.25, -0.2) is 4.79 Å². The van der Waals surface area contributed by atoms with E-state index in [1.54, 1.807) is 0 Å². The van der Waals surface area contributed by atoms with Crippen molar-refractivity contribution >= 4 is 29.5 Å². The molecule has 0 aromatic rings. The van der Waals surface area contributed by atoms with Crippen LogP contribution in [0.3, 0.4) is 0 Å². The van der Waals surface area contributed by atoms with Crippen LogP contribution >= 0.6 is 11.8 Å². The Kier molecular flexibility index (Phi) is 10.6. The average molecular weight is 349 g/mol. The summed E-state index contributed by atoms with van der Waals surface area (Å²) in [5.74, 6) is -1.59. The molecule has 0 heterocycles. The molecule has 6 N–H and O–H groups in total. The second-order valence-electron chi connectivity index (χ2n) is 5.66. The Morgan fingerprint density at radius 2 is 1.70 bits per heavy atom. The molecule has 0 aliphatic carbocycles. The summed E-state index contributed by atoms with van der Waals surface area (Å²) in [4.78, 5) is 35.1. The van der Waals surface area contributed by atoms with Crippen LogP contribution < -0.4 is 16.4 Å². The van der Waals surface area contributed by atoms with Crippen LogP contribution in [0.4, 0.5) is 0 Å². The fourth-order valence-electron chi connectivity index (χ4n) is 1.86. The molecule has 3 unspecified atom stereocenters. The van der Waals surface area contributed by atoms with Crippen LogP contribution in [0.5, 0.6) is 0 Å². The van der Waals surface area contributed by atoms with Crippen LogP contribution in [0, 0.1) is 5.92 Å². The molecule has 134 valence electrons. The fraction of sp³-hybridized carbons (Fsp3) is 0.786. The maximum absolute atomic E-state index is 12.2. The lowest BCUT2D eigenvalue weighted by atomic mass is 10.0. The molecule has 0 saturated heterocycles. The van der Waals surface area contributed by atoms with Gasteiger partial charge in [-0.05, 0) is 30.8 Å². The number of amides is 2. The van der Waals surface area contributed by atoms with Crippen molar-refractivity contribution in [1.29, 1.82) is 0 Å². The SMILES string of the molecule is CSCCC(NC(=O)C(N)CC(C)C)C(=O)NC(CO)C(=O)O. The third-order valence-corrected chi connectivity index (χ3v) is 3.75. The van der Waals surface area contributed by atoms with Crippen LogP contribution in [0.1, 0.15) is 26.7 Å². The topological polar surface area (TPSA) is 142 Å². The quantitative estimate of drug-likeness (QED) is 0.327. The first-order chi connectivity index (χ1) is 10.7. The minimum Gasteiger partial charge on any atom is -0.480 e. The number of carboxylic acids is 1. The summed E-state index contributed by atoms with van der Waals surface area (Å²) in [7, 11) is 0. The van der Waals surface area contributed by atoms with Crippen molar-refractivity contribution in [2.24, 2.45) is 11.7 Å². The van der Waals surface area contributed by atoms with Crippen LogP contribution in [-0.2, 0) is 14.4 Å². The molecule has 0 spiro atoms. The second kappa shape index (κ2) is 11.3. The molecule has 0 bridgehead atoms. The van der Waals surface area contributed by atoms with Gasteiger partial charge in [0.15, 0.2) is 0 Å². The fourth-order valence-corrected chi connectivity index (χ4v) is 2.33. The molecule has 9 heteroatoms. The summed E-state index contributed by atoms with van der Waals surface area (Å²) in [6.45, 7) is 3.14. The van der Waals surface area contributed by atoms with Crippen molar-refractivity contribution in [3.63, 3.8) is 0 Å². The van der Waals surface area contributed by atoms with Crippen molar-refractivity contribution in [3.05, 3.63) is 0 Å². The lowest BCUT2D eigenvalue weighted by molar-refractivity contribution is -0.143. The third kappa shape index (κ3) is 8.77. The third-order valence-electron chi connectivity index (χ3n) is 3.10. The lowest BCUT2D eigenvalue weighted by Gasteiger charge is -2.22. The Labute approximate surface area is 140 Å². The molecule has 0 aliphatic heterocycles. The zero-order chi connectivity index (χ0) is 18.0. The number of aliphatic hydroxyl groups is 1. The van der Waals surface area contributed by atoms with E-state index < -0.39 is 42.5 Å². The maximum Gasteiger partial charge on any atom is 0.328 e. The first-order valence-corrected chi connectivity index (χ1v) is 8.81. The molecular weight excluding hydrogens is 322 g/mol. The first-order valence-electron chi connectivity index (χ1n) is 7.41. The highest BCUT2D eigenvalue weighted by Gasteiger charge is 2.27. The molecule has 8 nitrogen and oxygen atoms in total. The van der Waals surface area contributed by atoms with E-state index in [1.165, 1.54) is 11.8 Å². The molecule has 0 radical (unpaired) electrons. The molecule has 0 aliphatic rings. The van der Waals surface area contributed by atoms with Crippen molar-refractivity contribution in [2.45, 2.75) is 44.8 Å². The van der Waals surface area contributed by atoms with Crippen LogP contribution in [0.25, 0.3) is 0 Å². The van der Waals surface area contributed by atoms with Gasteiger partial charge in [-0.3, -0.25) is 9.59 Å². The molecular formula is C14H27N3O5S. The van der Waals surface area contributed by atoms with Gasteiger partial charge >= 0.3 is 5.97 Å². The second-order valence-corrected chi connectivity index (χ2v) is 6.65. The van der Waals surface area contributed by atoms with Gasteiger partial charge in [-0.1, -0.05) is 13.8 Å². The highest BCUT2D eigenvalue weighted by Crippen LogP contribution is 2.05. The number of hydrogen-bond donors (Lipinski definition) is 5. The first kappa shape index (κ1) is 21.7. The number of aliphatic hydroxyl groups excluding tert-OH is 1. The number of carbonyl (C=O) groups is 3. The van der Waals surface area contributed by atoms with E-state index in [-0.39, 0.29) is 5.92 Å². The monoisotopic (exact) mass is 349 g/mol. The van der Waals surface area contributed by atoms with E-state index in [4.69, 9.17) is 15.9 Å². The standard InChI is InChI=1S/C14H27N3O5S/c1-8(2)6-9(15)12(19)16-10(4-5-23-3)13(20)17-11(7-18)14(21)22/h8-11,18H,4-7,15H2,1-3H3,(H,16,19)(H,17,20)(H,21,22). The Morgan fingerprint density at radius 3 is 2.13 bits per heavy atom. The number of thioether (sulfide) groups is 1. The van der Waals surface area contributed by atoms with Crippen LogP contribution in [-0.4, -0.2) is 64.7 Å². The van der Waals surface area contributed by atoms with Crippen molar-refractivity contribution in [1.82, 2.24) is 10.6 Å². The Morgan fingerprint density at radius 1 is 1.13 bits per heavy atom. The number of hydrogen-bond acceptors (Lipinski definition) is 6. The van der Waals surface area contributed by atoms with E-state index in [0.717, 1.165) is 0 Å². The van der Waals surface area contributed by atoms with E-state index >= 15 is 0 Å². The van der Waals surface area contributed by atoms with Gasteiger partial charge in [0.1, 0.15) is 12.1 Å².